The van der Waals surface area contributed by atoms with Crippen molar-refractivity contribution in [3.63, 3.8) is 0 Å². The smallest absolute Gasteiger partial charge is 0.312 e. The zero-order chi connectivity index (χ0) is 21.3. The number of ether oxygens (including phenoxy) is 1. The van der Waals surface area contributed by atoms with Crippen LogP contribution in [0.3, 0.4) is 0 Å². The maximum Gasteiger partial charge on any atom is 0.312 e. The Balaban J connectivity index is 2.05. The lowest BCUT2D eigenvalue weighted by atomic mass is 10.0. The molecule has 1 amide bonds. The van der Waals surface area contributed by atoms with Crippen LogP contribution < -0.4 is 10.1 Å². The summed E-state index contributed by atoms with van der Waals surface area (Å²) >= 11 is 0. The van der Waals surface area contributed by atoms with Gasteiger partial charge >= 0.3 is 5.97 Å². The van der Waals surface area contributed by atoms with Crippen molar-refractivity contribution < 1.29 is 19.4 Å². The third-order valence-electron chi connectivity index (χ3n) is 5.45. The minimum Gasteiger partial charge on any atom is -0.496 e. The number of aryl methyl sites for hydroxylation is 2. The Hall–Kier alpha value is -3.28. The van der Waals surface area contributed by atoms with Crippen LogP contribution in [0.25, 0.3) is 10.9 Å². The van der Waals surface area contributed by atoms with E-state index in [9.17, 15) is 9.59 Å². The lowest BCUT2D eigenvalue weighted by molar-refractivity contribution is -0.139. The summed E-state index contributed by atoms with van der Waals surface area (Å²) in [5.41, 5.74) is 7.32. The Morgan fingerprint density at radius 2 is 1.79 bits per heavy atom. The Bertz CT molecular complexity index is 1110. The number of fused-ring (bicyclic) bond motifs is 1. The zero-order valence-corrected chi connectivity index (χ0v) is 17.4. The molecule has 152 valence electrons. The first-order valence-corrected chi connectivity index (χ1v) is 9.47. The van der Waals surface area contributed by atoms with E-state index >= 15 is 0 Å². The number of hydrogen-bond acceptors (Lipinski definition) is 3. The predicted octanol–water partition coefficient (Wildman–Crippen LogP) is 4.35. The van der Waals surface area contributed by atoms with E-state index in [2.05, 4.69) is 29.8 Å². The Labute approximate surface area is 170 Å². The van der Waals surface area contributed by atoms with E-state index < -0.39 is 18.3 Å². The lowest BCUT2D eigenvalue weighted by Crippen LogP contribution is -2.16. The number of anilines is 1. The highest BCUT2D eigenvalue weighted by Gasteiger charge is 2.16. The fourth-order valence-electron chi connectivity index (χ4n) is 3.74. The van der Waals surface area contributed by atoms with Crippen molar-refractivity contribution in [1.29, 1.82) is 0 Å². The normalized spacial score (nSPS) is 10.9. The topological polar surface area (TPSA) is 80.6 Å². The number of amides is 1. The van der Waals surface area contributed by atoms with Gasteiger partial charge in [-0.2, -0.15) is 0 Å². The van der Waals surface area contributed by atoms with Crippen molar-refractivity contribution in [3.05, 3.63) is 58.3 Å². The molecular weight excluding hydrogens is 368 g/mol. The van der Waals surface area contributed by atoms with Gasteiger partial charge in [0, 0.05) is 17.6 Å². The summed E-state index contributed by atoms with van der Waals surface area (Å²) in [6.07, 6.45) is -0.556. The molecule has 0 bridgehead atoms. The molecule has 0 spiro atoms. The fourth-order valence-corrected chi connectivity index (χ4v) is 3.74. The van der Waals surface area contributed by atoms with Crippen molar-refractivity contribution in [1.82, 2.24) is 4.57 Å². The van der Waals surface area contributed by atoms with Gasteiger partial charge in [0.25, 0.3) is 0 Å². The van der Waals surface area contributed by atoms with E-state index in [0.29, 0.717) is 12.2 Å². The third-order valence-corrected chi connectivity index (χ3v) is 5.45. The van der Waals surface area contributed by atoms with Gasteiger partial charge < -0.3 is 19.7 Å². The Morgan fingerprint density at radius 3 is 2.45 bits per heavy atom. The summed E-state index contributed by atoms with van der Waals surface area (Å²) in [5, 5.41) is 12.5. The number of nitrogens with one attached hydrogen (secondary N) is 1. The van der Waals surface area contributed by atoms with Crippen LogP contribution in [0.1, 0.15) is 34.4 Å². The molecule has 0 atom stereocenters. The molecule has 1 aromatic heterocycles. The summed E-state index contributed by atoms with van der Waals surface area (Å²) < 4.78 is 7.65. The molecule has 0 radical (unpaired) electrons. The molecule has 29 heavy (non-hydrogen) atoms. The highest BCUT2D eigenvalue weighted by atomic mass is 16.5. The van der Waals surface area contributed by atoms with Crippen LogP contribution in [0.5, 0.6) is 5.75 Å². The van der Waals surface area contributed by atoms with E-state index in [1.807, 2.05) is 38.1 Å². The minimum absolute atomic E-state index is 0.533. The second-order valence-electron chi connectivity index (χ2n) is 7.36. The van der Waals surface area contributed by atoms with Crippen LogP contribution in [-0.2, 0) is 16.1 Å². The number of carboxylic acid groups (broad SMARTS) is 1. The van der Waals surface area contributed by atoms with E-state index in [-0.39, 0.29) is 0 Å². The summed E-state index contributed by atoms with van der Waals surface area (Å²) in [7, 11) is 1.68. The molecule has 3 aromatic rings. The van der Waals surface area contributed by atoms with Crippen LogP contribution in [0.15, 0.2) is 30.3 Å². The van der Waals surface area contributed by atoms with Crippen molar-refractivity contribution >= 4 is 28.5 Å². The number of benzene rings is 2. The highest BCUT2D eigenvalue weighted by Crippen LogP contribution is 2.32. The first-order chi connectivity index (χ1) is 13.7. The van der Waals surface area contributed by atoms with Crippen LogP contribution in [0.2, 0.25) is 0 Å². The molecule has 0 unspecified atom stereocenters. The highest BCUT2D eigenvalue weighted by molar-refractivity contribution is 6.07. The molecule has 0 fully saturated rings. The molecule has 1 heterocycles. The van der Waals surface area contributed by atoms with Gasteiger partial charge in [0.2, 0.25) is 5.91 Å². The molecule has 0 aliphatic rings. The molecule has 0 saturated heterocycles. The second kappa shape index (κ2) is 7.99. The molecule has 6 heteroatoms. The van der Waals surface area contributed by atoms with Gasteiger partial charge in [-0.3, -0.25) is 9.59 Å². The van der Waals surface area contributed by atoms with Gasteiger partial charge in [-0.25, -0.2) is 0 Å². The van der Waals surface area contributed by atoms with Gasteiger partial charge in [-0.05, 0) is 68.1 Å². The van der Waals surface area contributed by atoms with Crippen LogP contribution >= 0.6 is 0 Å². The molecule has 0 aliphatic heterocycles. The molecule has 2 aromatic carbocycles. The minimum atomic E-state index is -1.15. The number of carbonyl (C=O) groups excluding carboxylic acids is 1. The van der Waals surface area contributed by atoms with Crippen molar-refractivity contribution in [2.45, 2.75) is 40.7 Å². The van der Waals surface area contributed by atoms with E-state index in [4.69, 9.17) is 9.84 Å². The largest absolute Gasteiger partial charge is 0.496 e. The van der Waals surface area contributed by atoms with Crippen molar-refractivity contribution in [2.75, 3.05) is 12.4 Å². The van der Waals surface area contributed by atoms with Gasteiger partial charge in [0.05, 0.1) is 18.3 Å². The number of aliphatic carboxylic acids is 1. The summed E-state index contributed by atoms with van der Waals surface area (Å²) in [5.74, 6) is -0.806. The van der Waals surface area contributed by atoms with Crippen LogP contribution in [-0.4, -0.2) is 28.7 Å². The maximum absolute atomic E-state index is 12.0. The monoisotopic (exact) mass is 394 g/mol. The zero-order valence-electron chi connectivity index (χ0n) is 17.4. The number of methoxy groups -OCH3 is 1. The molecule has 2 N–H and O–H groups in total. The lowest BCUT2D eigenvalue weighted by Gasteiger charge is -2.16. The number of aromatic nitrogens is 1. The quantitative estimate of drug-likeness (QED) is 0.609. The van der Waals surface area contributed by atoms with E-state index in [1.165, 1.54) is 11.1 Å². The summed E-state index contributed by atoms with van der Waals surface area (Å²) in [6.45, 7) is 8.92. The SMILES string of the molecule is COc1ccc(Cn2c(C)cc3c(NC(=O)CC(=O)O)ccc(C)c32)c(C)c1C. The third kappa shape index (κ3) is 3.97. The Morgan fingerprint density at radius 1 is 1.07 bits per heavy atom. The van der Waals surface area contributed by atoms with E-state index in [1.54, 1.807) is 7.11 Å². The van der Waals surface area contributed by atoms with E-state index in [0.717, 1.165) is 33.5 Å². The maximum atomic E-state index is 12.0. The van der Waals surface area contributed by atoms with Gasteiger partial charge in [0.15, 0.2) is 0 Å². The molecule has 3 rings (SSSR count). The standard InChI is InChI=1S/C23H26N2O4/c1-13-6-8-19(24-21(26)11-22(27)28)18-10-14(2)25(23(13)18)12-17-7-9-20(29-5)16(4)15(17)3/h6-10H,11-12H2,1-5H3,(H,24,26)(H,27,28). The average molecular weight is 394 g/mol. The molecule has 6 nitrogen and oxygen atoms in total. The first-order valence-electron chi connectivity index (χ1n) is 9.47. The number of rotatable bonds is 6. The number of hydrogen-bond donors (Lipinski definition) is 2. The van der Waals surface area contributed by atoms with Crippen LogP contribution in [0, 0.1) is 27.7 Å². The molecular formula is C23H26N2O4. The second-order valence-corrected chi connectivity index (χ2v) is 7.36. The Kier molecular flexibility index (Phi) is 5.64. The number of carboxylic acids is 1. The van der Waals surface area contributed by atoms with Crippen molar-refractivity contribution in [3.8, 4) is 5.75 Å². The van der Waals surface area contributed by atoms with Crippen LogP contribution in [0.4, 0.5) is 5.69 Å². The van der Waals surface area contributed by atoms with Gasteiger partial charge in [-0.1, -0.05) is 12.1 Å². The number of carbonyl (C=O) groups is 2. The van der Waals surface area contributed by atoms with Gasteiger partial charge in [-0.15, -0.1) is 0 Å². The fraction of sp³-hybridized carbons (Fsp3) is 0.304. The molecule has 0 aliphatic carbocycles. The first kappa shape index (κ1) is 20.5. The summed E-state index contributed by atoms with van der Waals surface area (Å²) in [4.78, 5) is 22.8. The average Bonchev–Trinajstić information content (AvgIpc) is 2.98. The molecule has 0 saturated carbocycles. The van der Waals surface area contributed by atoms with Crippen molar-refractivity contribution in [2.24, 2.45) is 0 Å². The predicted molar refractivity (Wildman–Crippen MR) is 114 cm³/mol. The van der Waals surface area contributed by atoms with Gasteiger partial charge in [0.1, 0.15) is 12.2 Å². The summed E-state index contributed by atoms with van der Waals surface area (Å²) in [6, 6.07) is 9.87. The number of nitrogens with zero attached hydrogens (tertiary/aromatic N) is 1.